The Morgan fingerprint density at radius 2 is 2.07 bits per heavy atom. The molecule has 1 heterocycles. The maximum Gasteiger partial charge on any atom is 0.341 e. The third-order valence-corrected chi connectivity index (χ3v) is 6.29. The molecule has 0 saturated heterocycles. The first kappa shape index (κ1) is 19.8. The largest absolute Gasteiger partial charge is 0.462 e. The van der Waals surface area contributed by atoms with E-state index in [4.69, 9.17) is 4.74 Å². The number of hydrogen-bond acceptors (Lipinski definition) is 4. The topological polar surface area (TPSA) is 55.4 Å². The summed E-state index contributed by atoms with van der Waals surface area (Å²) in [5.74, 6) is -0.0569. The highest BCUT2D eigenvalue weighted by atomic mass is 79.9. The summed E-state index contributed by atoms with van der Waals surface area (Å²) in [7, 11) is 0. The number of fused-ring (bicyclic) bond motifs is 1. The van der Waals surface area contributed by atoms with Crippen molar-refractivity contribution in [3.63, 3.8) is 0 Å². The molecule has 1 aliphatic carbocycles. The predicted molar refractivity (Wildman–Crippen MR) is 113 cm³/mol. The van der Waals surface area contributed by atoms with E-state index in [-0.39, 0.29) is 11.9 Å². The lowest BCUT2D eigenvalue weighted by molar-refractivity contribution is -0.112. The summed E-state index contributed by atoms with van der Waals surface area (Å²) in [4.78, 5) is 26.4. The van der Waals surface area contributed by atoms with Gasteiger partial charge in [0.1, 0.15) is 5.00 Å². The Balaban J connectivity index is 1.88. The molecule has 0 saturated carbocycles. The van der Waals surface area contributed by atoms with E-state index in [0.29, 0.717) is 27.6 Å². The summed E-state index contributed by atoms with van der Waals surface area (Å²) in [5, 5.41) is 3.49. The Labute approximate surface area is 171 Å². The Bertz CT molecular complexity index is 873. The number of esters is 1. The van der Waals surface area contributed by atoms with E-state index in [2.05, 4.69) is 28.2 Å². The van der Waals surface area contributed by atoms with Gasteiger partial charge in [-0.3, -0.25) is 4.79 Å². The van der Waals surface area contributed by atoms with Crippen LogP contribution in [0.5, 0.6) is 0 Å². The van der Waals surface area contributed by atoms with Gasteiger partial charge in [-0.1, -0.05) is 37.3 Å². The molecule has 27 heavy (non-hydrogen) atoms. The molecule has 1 N–H and O–H groups in total. The van der Waals surface area contributed by atoms with Gasteiger partial charge < -0.3 is 10.1 Å². The van der Waals surface area contributed by atoms with Crippen molar-refractivity contribution < 1.29 is 14.3 Å². The highest BCUT2D eigenvalue weighted by molar-refractivity contribution is 9.12. The minimum absolute atomic E-state index is 0.281. The second-order valence-corrected chi connectivity index (χ2v) is 8.59. The molecule has 1 aromatic carbocycles. The first-order chi connectivity index (χ1) is 13.0. The van der Waals surface area contributed by atoms with Gasteiger partial charge in [0.2, 0.25) is 0 Å². The van der Waals surface area contributed by atoms with Crippen molar-refractivity contribution >= 4 is 50.2 Å². The molecule has 4 nitrogen and oxygen atoms in total. The molecule has 2 aromatic rings. The van der Waals surface area contributed by atoms with Crippen molar-refractivity contribution in [3.05, 3.63) is 56.4 Å². The average Bonchev–Trinajstić information content (AvgIpc) is 2.99. The summed E-state index contributed by atoms with van der Waals surface area (Å²) >= 11 is 4.84. The number of hydrogen-bond donors (Lipinski definition) is 1. The molecular weight excluding hydrogens is 426 g/mol. The highest BCUT2D eigenvalue weighted by Crippen LogP contribution is 2.40. The van der Waals surface area contributed by atoms with Gasteiger partial charge in [-0.05, 0) is 65.2 Å². The summed E-state index contributed by atoms with van der Waals surface area (Å²) < 4.78 is 5.65. The summed E-state index contributed by atoms with van der Waals surface area (Å²) in [6.45, 7) is 4.31. The van der Waals surface area contributed by atoms with Gasteiger partial charge in [-0.2, -0.15) is 0 Å². The van der Waals surface area contributed by atoms with Gasteiger partial charge in [0.15, 0.2) is 0 Å². The van der Waals surface area contributed by atoms with E-state index < -0.39 is 0 Å². The molecule has 0 fully saturated rings. The zero-order chi connectivity index (χ0) is 19.4. The fraction of sp³-hybridized carbons (Fsp3) is 0.333. The van der Waals surface area contributed by atoms with Crippen LogP contribution in [0.2, 0.25) is 0 Å². The van der Waals surface area contributed by atoms with E-state index in [1.807, 2.05) is 30.3 Å². The molecule has 1 unspecified atom stereocenters. The van der Waals surface area contributed by atoms with Crippen molar-refractivity contribution in [3.8, 4) is 0 Å². The second-order valence-electron chi connectivity index (χ2n) is 6.63. The number of nitrogens with one attached hydrogen (secondary N) is 1. The lowest BCUT2D eigenvalue weighted by Gasteiger charge is -2.18. The highest BCUT2D eigenvalue weighted by Gasteiger charge is 2.29. The molecule has 1 amide bonds. The average molecular weight is 448 g/mol. The van der Waals surface area contributed by atoms with E-state index in [1.54, 1.807) is 13.0 Å². The van der Waals surface area contributed by atoms with Gasteiger partial charge in [0.05, 0.1) is 16.7 Å². The van der Waals surface area contributed by atoms with Crippen LogP contribution in [-0.2, 0) is 22.4 Å². The molecule has 1 aromatic heterocycles. The van der Waals surface area contributed by atoms with Gasteiger partial charge in [-0.15, -0.1) is 11.3 Å². The summed E-state index contributed by atoms with van der Waals surface area (Å²) in [5.41, 5.74) is 2.48. The molecule has 3 rings (SSSR count). The maximum atomic E-state index is 12.7. The fourth-order valence-corrected chi connectivity index (χ4v) is 4.94. The standard InChI is InChI=1S/C21H22BrNO3S/c1-3-26-21(25)18-15-10-9-13(2)11-17(15)27-20(18)23-19(24)16(22)12-14-7-5-4-6-8-14/h4-8,12-13H,3,9-11H2,1-2H3,(H,23,24)/b16-12-. The van der Waals surface area contributed by atoms with Crippen LogP contribution >= 0.6 is 27.3 Å². The number of amides is 1. The van der Waals surface area contributed by atoms with Crippen LogP contribution in [0.4, 0.5) is 5.00 Å². The van der Waals surface area contributed by atoms with Gasteiger partial charge in [0, 0.05) is 4.88 Å². The normalized spacial score (nSPS) is 16.6. The fourth-order valence-electron chi connectivity index (χ4n) is 3.18. The van der Waals surface area contributed by atoms with Gasteiger partial charge in [-0.25, -0.2) is 4.79 Å². The Hall–Kier alpha value is -1.92. The minimum atomic E-state index is -0.358. The predicted octanol–water partition coefficient (Wildman–Crippen LogP) is 5.42. The number of halogens is 1. The quantitative estimate of drug-likeness (QED) is 0.491. The molecule has 0 spiro atoms. The van der Waals surface area contributed by atoms with Crippen LogP contribution in [0, 0.1) is 5.92 Å². The Morgan fingerprint density at radius 1 is 1.33 bits per heavy atom. The van der Waals surface area contributed by atoms with E-state index in [1.165, 1.54) is 16.2 Å². The van der Waals surface area contributed by atoms with E-state index in [0.717, 1.165) is 30.4 Å². The monoisotopic (exact) mass is 447 g/mol. The molecule has 1 aliphatic rings. The van der Waals surface area contributed by atoms with Crippen molar-refractivity contribution in [1.82, 2.24) is 0 Å². The lowest BCUT2D eigenvalue weighted by atomic mass is 9.88. The third-order valence-electron chi connectivity index (χ3n) is 4.53. The number of benzene rings is 1. The number of carbonyl (C=O) groups is 2. The van der Waals surface area contributed by atoms with Crippen LogP contribution < -0.4 is 5.32 Å². The zero-order valence-electron chi connectivity index (χ0n) is 15.4. The smallest absolute Gasteiger partial charge is 0.341 e. The SMILES string of the molecule is CCOC(=O)c1c(NC(=O)/C(Br)=C/c2ccccc2)sc2c1CCC(C)C2. The summed E-state index contributed by atoms with van der Waals surface area (Å²) in [6.07, 6.45) is 4.58. The lowest BCUT2D eigenvalue weighted by Crippen LogP contribution is -2.16. The number of carbonyl (C=O) groups excluding carboxylic acids is 2. The van der Waals surface area contributed by atoms with Crippen molar-refractivity contribution in [1.29, 1.82) is 0 Å². The van der Waals surface area contributed by atoms with E-state index >= 15 is 0 Å². The van der Waals surface area contributed by atoms with Crippen LogP contribution in [0.3, 0.4) is 0 Å². The second kappa shape index (κ2) is 8.85. The van der Waals surface area contributed by atoms with Crippen molar-refractivity contribution in [2.75, 3.05) is 11.9 Å². The van der Waals surface area contributed by atoms with Crippen LogP contribution in [0.1, 0.15) is 46.6 Å². The Morgan fingerprint density at radius 3 is 2.78 bits per heavy atom. The Kier molecular flexibility index (Phi) is 6.50. The first-order valence-corrected chi connectivity index (χ1v) is 10.7. The molecule has 0 radical (unpaired) electrons. The number of rotatable bonds is 5. The molecule has 6 heteroatoms. The first-order valence-electron chi connectivity index (χ1n) is 9.04. The molecule has 0 bridgehead atoms. The molecule has 1 atom stereocenters. The number of thiophene rings is 1. The van der Waals surface area contributed by atoms with Gasteiger partial charge in [0.25, 0.3) is 5.91 Å². The number of anilines is 1. The zero-order valence-corrected chi connectivity index (χ0v) is 17.8. The van der Waals surface area contributed by atoms with Crippen molar-refractivity contribution in [2.24, 2.45) is 5.92 Å². The van der Waals surface area contributed by atoms with Gasteiger partial charge >= 0.3 is 5.97 Å². The summed E-state index contributed by atoms with van der Waals surface area (Å²) in [6, 6.07) is 9.59. The third kappa shape index (κ3) is 4.68. The van der Waals surface area contributed by atoms with E-state index in [9.17, 15) is 9.59 Å². The van der Waals surface area contributed by atoms with Crippen molar-refractivity contribution in [2.45, 2.75) is 33.1 Å². The molecular formula is C21H22BrNO3S. The molecule has 142 valence electrons. The van der Waals surface area contributed by atoms with Crippen LogP contribution in [-0.4, -0.2) is 18.5 Å². The minimum Gasteiger partial charge on any atom is -0.462 e. The number of ether oxygens (including phenoxy) is 1. The molecule has 0 aliphatic heterocycles. The van der Waals surface area contributed by atoms with Crippen LogP contribution in [0.15, 0.2) is 34.8 Å². The maximum absolute atomic E-state index is 12.7. The van der Waals surface area contributed by atoms with Crippen LogP contribution in [0.25, 0.3) is 6.08 Å².